The smallest absolute Gasteiger partial charge is 0.395 e. The molecule has 7 heteroatoms. The molecule has 3 atom stereocenters. The van der Waals surface area contributed by atoms with Crippen molar-refractivity contribution in [1.29, 1.82) is 0 Å². The average molecular weight is 310 g/mol. The van der Waals surface area contributed by atoms with Gasteiger partial charge in [0.1, 0.15) is 0 Å². The van der Waals surface area contributed by atoms with Crippen LogP contribution < -0.4 is 15.2 Å². The van der Waals surface area contributed by atoms with E-state index in [9.17, 15) is 13.9 Å². The van der Waals surface area contributed by atoms with Crippen molar-refractivity contribution in [3.63, 3.8) is 0 Å². The number of ether oxygens (including phenoxy) is 2. The summed E-state index contributed by atoms with van der Waals surface area (Å²) in [6, 6.07) is 3.67. The number of fused-ring (bicyclic) bond motifs is 1. The minimum absolute atomic E-state index is 0. The number of aliphatic hydroxyl groups is 1. The number of alkyl halides is 2. The first kappa shape index (κ1) is 16.9. The highest BCUT2D eigenvalue weighted by atomic mass is 35.5. The quantitative estimate of drug-likeness (QED) is 0.897. The number of benzene rings is 1. The number of rotatable bonds is 4. The molecule has 3 N–H and O–H groups in total. The molecule has 1 heterocycles. The largest absolute Gasteiger partial charge is 0.586 e. The molecule has 0 aromatic heterocycles. The maximum Gasteiger partial charge on any atom is 0.586 e. The highest BCUT2D eigenvalue weighted by Crippen LogP contribution is 2.45. The van der Waals surface area contributed by atoms with Gasteiger partial charge in [-0.1, -0.05) is 32.4 Å². The lowest BCUT2D eigenvalue weighted by Crippen LogP contribution is -2.32. The van der Waals surface area contributed by atoms with Crippen LogP contribution in [0.15, 0.2) is 18.2 Å². The van der Waals surface area contributed by atoms with Crippen LogP contribution in [0.4, 0.5) is 8.78 Å². The minimum Gasteiger partial charge on any atom is -0.395 e. The van der Waals surface area contributed by atoms with Crippen molar-refractivity contribution in [2.75, 3.05) is 0 Å². The molecule has 0 aliphatic carbocycles. The predicted molar refractivity (Wildman–Crippen MR) is 72.3 cm³/mol. The topological polar surface area (TPSA) is 64.7 Å². The van der Waals surface area contributed by atoms with Crippen LogP contribution in [-0.4, -0.2) is 17.5 Å². The Morgan fingerprint density at radius 3 is 2.60 bits per heavy atom. The Labute approximate surface area is 122 Å². The predicted octanol–water partition coefficient (Wildman–Crippen LogP) is 2.84. The monoisotopic (exact) mass is 309 g/mol. The standard InChI is InChI=1S/C13H17F2NO3.ClH/c1-3-7(2)11(17)10(16)8-5-4-6-9-12(8)19-13(14,15)18-9;/h4-7,10-11,17H,3,16H2,1-2H3;1H/t7?,10-,11+;/m1./s1. The highest BCUT2D eigenvalue weighted by molar-refractivity contribution is 5.85. The van der Waals surface area contributed by atoms with Crippen LogP contribution in [0.5, 0.6) is 11.5 Å². The molecule has 0 saturated carbocycles. The molecule has 0 spiro atoms. The van der Waals surface area contributed by atoms with E-state index in [1.54, 1.807) is 12.1 Å². The van der Waals surface area contributed by atoms with E-state index >= 15 is 0 Å². The first-order valence-corrected chi connectivity index (χ1v) is 6.18. The molecule has 1 unspecified atom stereocenters. The lowest BCUT2D eigenvalue weighted by atomic mass is 9.91. The van der Waals surface area contributed by atoms with Crippen LogP contribution >= 0.6 is 12.4 Å². The van der Waals surface area contributed by atoms with Gasteiger partial charge in [-0.3, -0.25) is 0 Å². The van der Waals surface area contributed by atoms with Gasteiger partial charge in [0, 0.05) is 5.56 Å². The van der Waals surface area contributed by atoms with E-state index in [0.29, 0.717) is 5.56 Å². The van der Waals surface area contributed by atoms with Gasteiger partial charge in [-0.25, -0.2) is 0 Å². The first-order chi connectivity index (χ1) is 8.85. The Hall–Kier alpha value is -1.11. The van der Waals surface area contributed by atoms with Gasteiger partial charge in [0.05, 0.1) is 12.1 Å². The molecule has 0 radical (unpaired) electrons. The Kier molecular flexibility index (Phi) is 5.18. The lowest BCUT2D eigenvalue weighted by Gasteiger charge is -2.24. The molecule has 0 fully saturated rings. The summed E-state index contributed by atoms with van der Waals surface area (Å²) < 4.78 is 34.9. The van der Waals surface area contributed by atoms with Crippen molar-refractivity contribution in [2.24, 2.45) is 11.7 Å². The third-order valence-electron chi connectivity index (χ3n) is 3.41. The summed E-state index contributed by atoms with van der Waals surface area (Å²) >= 11 is 0. The molecule has 1 aromatic rings. The molecule has 114 valence electrons. The van der Waals surface area contributed by atoms with E-state index in [4.69, 9.17) is 5.73 Å². The van der Waals surface area contributed by atoms with Crippen molar-refractivity contribution in [2.45, 2.75) is 38.7 Å². The van der Waals surface area contributed by atoms with E-state index in [2.05, 4.69) is 9.47 Å². The zero-order chi connectivity index (χ0) is 14.2. The maximum atomic E-state index is 13.1. The van der Waals surface area contributed by atoms with Crippen LogP contribution in [0.2, 0.25) is 0 Å². The molecule has 0 bridgehead atoms. The number of nitrogens with two attached hydrogens (primary N) is 1. The second kappa shape index (κ2) is 6.11. The van der Waals surface area contributed by atoms with Gasteiger partial charge in [-0.15, -0.1) is 21.2 Å². The number of hydrogen-bond donors (Lipinski definition) is 2. The number of aliphatic hydroxyl groups excluding tert-OH is 1. The fraction of sp³-hybridized carbons (Fsp3) is 0.538. The Balaban J connectivity index is 0.00000200. The molecule has 1 aromatic carbocycles. The summed E-state index contributed by atoms with van der Waals surface area (Å²) in [6.45, 7) is 3.77. The van der Waals surface area contributed by atoms with Gasteiger partial charge in [-0.2, -0.15) is 0 Å². The fourth-order valence-electron chi connectivity index (χ4n) is 2.03. The van der Waals surface area contributed by atoms with Crippen LogP contribution in [-0.2, 0) is 0 Å². The summed E-state index contributed by atoms with van der Waals surface area (Å²) in [4.78, 5) is 0. The van der Waals surface area contributed by atoms with Crippen molar-refractivity contribution in [1.82, 2.24) is 0 Å². The fourth-order valence-corrected chi connectivity index (χ4v) is 2.03. The molecule has 1 aliphatic heterocycles. The Morgan fingerprint density at radius 2 is 2.00 bits per heavy atom. The zero-order valence-corrected chi connectivity index (χ0v) is 12.0. The van der Waals surface area contributed by atoms with E-state index in [0.717, 1.165) is 6.42 Å². The second-order valence-electron chi connectivity index (χ2n) is 4.74. The molecule has 1 aliphatic rings. The third-order valence-corrected chi connectivity index (χ3v) is 3.41. The number of para-hydroxylation sites is 1. The molecule has 0 amide bonds. The van der Waals surface area contributed by atoms with Gasteiger partial charge >= 0.3 is 6.29 Å². The van der Waals surface area contributed by atoms with Crippen molar-refractivity contribution < 1.29 is 23.4 Å². The van der Waals surface area contributed by atoms with E-state index in [1.165, 1.54) is 6.07 Å². The normalized spacial score (nSPS) is 19.9. The summed E-state index contributed by atoms with van der Waals surface area (Å²) in [5.41, 5.74) is 6.27. The van der Waals surface area contributed by atoms with Gasteiger partial charge in [0.2, 0.25) is 0 Å². The number of hydrogen-bond acceptors (Lipinski definition) is 4. The van der Waals surface area contributed by atoms with Gasteiger partial charge in [0.15, 0.2) is 11.5 Å². The minimum atomic E-state index is -3.68. The second-order valence-corrected chi connectivity index (χ2v) is 4.74. The maximum absolute atomic E-state index is 13.1. The van der Waals surface area contributed by atoms with Gasteiger partial charge in [0.25, 0.3) is 0 Å². The summed E-state index contributed by atoms with van der Waals surface area (Å²) in [7, 11) is 0. The Morgan fingerprint density at radius 1 is 1.35 bits per heavy atom. The molecule has 0 saturated heterocycles. The summed E-state index contributed by atoms with van der Waals surface area (Å²) in [6.07, 6.45) is -3.79. The number of halogens is 3. The molecular formula is C13H18ClF2NO3. The summed E-state index contributed by atoms with van der Waals surface area (Å²) in [5, 5.41) is 10.1. The summed E-state index contributed by atoms with van der Waals surface area (Å²) in [5.74, 6) is -0.203. The molecule has 4 nitrogen and oxygen atoms in total. The van der Waals surface area contributed by atoms with E-state index < -0.39 is 18.4 Å². The van der Waals surface area contributed by atoms with Crippen molar-refractivity contribution in [3.05, 3.63) is 23.8 Å². The van der Waals surface area contributed by atoms with Crippen LogP contribution in [0.25, 0.3) is 0 Å². The van der Waals surface area contributed by atoms with E-state index in [1.807, 2.05) is 13.8 Å². The third kappa shape index (κ3) is 3.13. The zero-order valence-electron chi connectivity index (χ0n) is 11.2. The van der Waals surface area contributed by atoms with Crippen molar-refractivity contribution in [3.8, 4) is 11.5 Å². The lowest BCUT2D eigenvalue weighted by molar-refractivity contribution is -0.287. The average Bonchev–Trinajstić information content (AvgIpc) is 2.69. The van der Waals surface area contributed by atoms with E-state index in [-0.39, 0.29) is 29.8 Å². The Bertz CT molecular complexity index is 473. The van der Waals surface area contributed by atoms with Crippen LogP contribution in [0, 0.1) is 5.92 Å². The van der Waals surface area contributed by atoms with Crippen LogP contribution in [0.3, 0.4) is 0 Å². The van der Waals surface area contributed by atoms with Crippen molar-refractivity contribution >= 4 is 12.4 Å². The molecular weight excluding hydrogens is 292 g/mol. The molecule has 2 rings (SSSR count). The molecule has 20 heavy (non-hydrogen) atoms. The van der Waals surface area contributed by atoms with Crippen LogP contribution in [0.1, 0.15) is 31.9 Å². The first-order valence-electron chi connectivity index (χ1n) is 6.18. The SMILES string of the molecule is CCC(C)[C@H](O)[C@H](N)c1cccc2c1OC(F)(F)O2.Cl. The van der Waals surface area contributed by atoms with Gasteiger partial charge in [-0.05, 0) is 12.0 Å². The highest BCUT2D eigenvalue weighted by Gasteiger charge is 2.45. The van der Waals surface area contributed by atoms with Gasteiger partial charge < -0.3 is 20.3 Å².